The first-order valence-electron chi connectivity index (χ1n) is 6.62. The SMILES string of the molecule is Cc1ccc(CN2C(=O)c3ccccc3C2C)cc1. The Morgan fingerprint density at radius 2 is 1.74 bits per heavy atom. The Balaban J connectivity index is 1.88. The standard InChI is InChI=1S/C17H17NO/c1-12-7-9-14(10-8-12)11-18-13(2)15-5-3-4-6-16(15)17(18)19/h3-10,13H,11H2,1-2H3. The molecular weight excluding hydrogens is 234 g/mol. The van der Waals surface area contributed by atoms with Gasteiger partial charge in [-0.3, -0.25) is 4.79 Å². The highest BCUT2D eigenvalue weighted by Crippen LogP contribution is 2.33. The fourth-order valence-corrected chi connectivity index (χ4v) is 2.65. The predicted octanol–water partition coefficient (Wildman–Crippen LogP) is 3.71. The first-order valence-corrected chi connectivity index (χ1v) is 6.62. The van der Waals surface area contributed by atoms with Gasteiger partial charge in [0, 0.05) is 12.1 Å². The summed E-state index contributed by atoms with van der Waals surface area (Å²) in [7, 11) is 0. The van der Waals surface area contributed by atoms with Crippen LogP contribution in [0.5, 0.6) is 0 Å². The zero-order valence-electron chi connectivity index (χ0n) is 11.3. The molecule has 1 atom stereocenters. The van der Waals surface area contributed by atoms with Gasteiger partial charge >= 0.3 is 0 Å². The van der Waals surface area contributed by atoms with E-state index >= 15 is 0 Å². The average Bonchev–Trinajstić information content (AvgIpc) is 2.67. The molecule has 0 fully saturated rings. The van der Waals surface area contributed by atoms with E-state index in [1.807, 2.05) is 29.2 Å². The number of fused-ring (bicyclic) bond motifs is 1. The van der Waals surface area contributed by atoms with Crippen LogP contribution >= 0.6 is 0 Å². The molecule has 0 spiro atoms. The van der Waals surface area contributed by atoms with Crippen LogP contribution in [0.25, 0.3) is 0 Å². The van der Waals surface area contributed by atoms with Crippen LogP contribution in [-0.2, 0) is 6.54 Å². The second kappa shape index (κ2) is 4.54. The summed E-state index contributed by atoms with van der Waals surface area (Å²) in [6, 6.07) is 16.4. The maximum atomic E-state index is 12.4. The number of nitrogens with zero attached hydrogens (tertiary/aromatic N) is 1. The smallest absolute Gasteiger partial charge is 0.255 e. The molecule has 1 aliphatic rings. The van der Waals surface area contributed by atoms with Crippen molar-refractivity contribution in [1.29, 1.82) is 0 Å². The number of hydrogen-bond donors (Lipinski definition) is 0. The summed E-state index contributed by atoms with van der Waals surface area (Å²) >= 11 is 0. The van der Waals surface area contributed by atoms with Crippen LogP contribution in [0, 0.1) is 6.92 Å². The monoisotopic (exact) mass is 251 g/mol. The molecule has 1 heterocycles. The molecule has 96 valence electrons. The van der Waals surface area contributed by atoms with Gasteiger partial charge in [-0.25, -0.2) is 0 Å². The molecule has 2 aromatic rings. The minimum atomic E-state index is 0.142. The number of rotatable bonds is 2. The summed E-state index contributed by atoms with van der Waals surface area (Å²) < 4.78 is 0. The highest BCUT2D eigenvalue weighted by Gasteiger charge is 2.33. The Morgan fingerprint density at radius 1 is 1.05 bits per heavy atom. The second-order valence-electron chi connectivity index (χ2n) is 5.18. The van der Waals surface area contributed by atoms with Crippen LogP contribution in [0.15, 0.2) is 48.5 Å². The molecule has 1 unspecified atom stereocenters. The number of carbonyl (C=O) groups excluding carboxylic acids is 1. The third-order valence-corrected chi connectivity index (χ3v) is 3.84. The largest absolute Gasteiger partial charge is 0.328 e. The third-order valence-electron chi connectivity index (χ3n) is 3.84. The lowest BCUT2D eigenvalue weighted by Crippen LogP contribution is -2.26. The molecule has 0 saturated carbocycles. The minimum Gasteiger partial charge on any atom is -0.328 e. The Morgan fingerprint density at radius 3 is 2.42 bits per heavy atom. The fraction of sp³-hybridized carbons (Fsp3) is 0.235. The van der Waals surface area contributed by atoms with Crippen LogP contribution in [0.3, 0.4) is 0 Å². The van der Waals surface area contributed by atoms with Gasteiger partial charge in [-0.2, -0.15) is 0 Å². The van der Waals surface area contributed by atoms with Crippen molar-refractivity contribution >= 4 is 5.91 Å². The molecule has 0 aliphatic carbocycles. The first kappa shape index (κ1) is 12.0. The summed E-state index contributed by atoms with van der Waals surface area (Å²) in [5.74, 6) is 0.142. The van der Waals surface area contributed by atoms with Crippen molar-refractivity contribution < 1.29 is 4.79 Å². The Hall–Kier alpha value is -2.09. The maximum absolute atomic E-state index is 12.4. The van der Waals surface area contributed by atoms with Crippen molar-refractivity contribution in [2.24, 2.45) is 0 Å². The summed E-state index contributed by atoms with van der Waals surface area (Å²) in [6.07, 6.45) is 0. The molecule has 2 heteroatoms. The lowest BCUT2D eigenvalue weighted by atomic mass is 10.1. The molecule has 1 aliphatic heterocycles. The lowest BCUT2D eigenvalue weighted by molar-refractivity contribution is 0.0723. The number of aryl methyl sites for hydroxylation is 1. The number of benzene rings is 2. The predicted molar refractivity (Wildman–Crippen MR) is 75.9 cm³/mol. The van der Waals surface area contributed by atoms with Crippen molar-refractivity contribution in [3.05, 3.63) is 70.8 Å². The Kier molecular flexibility index (Phi) is 2.86. The average molecular weight is 251 g/mol. The molecule has 2 nitrogen and oxygen atoms in total. The molecule has 0 bridgehead atoms. The first-order chi connectivity index (χ1) is 9.16. The maximum Gasteiger partial charge on any atom is 0.255 e. The Labute approximate surface area is 113 Å². The van der Waals surface area contributed by atoms with Crippen molar-refractivity contribution in [2.45, 2.75) is 26.4 Å². The van der Waals surface area contributed by atoms with Crippen molar-refractivity contribution in [3.63, 3.8) is 0 Å². The highest BCUT2D eigenvalue weighted by molar-refractivity contribution is 5.99. The van der Waals surface area contributed by atoms with Crippen molar-refractivity contribution in [1.82, 2.24) is 4.90 Å². The van der Waals surface area contributed by atoms with E-state index in [1.54, 1.807) is 0 Å². The second-order valence-corrected chi connectivity index (χ2v) is 5.18. The van der Waals surface area contributed by atoms with Gasteiger partial charge in [0.25, 0.3) is 5.91 Å². The molecule has 2 aromatic carbocycles. The molecule has 0 saturated heterocycles. The van der Waals surface area contributed by atoms with Gasteiger partial charge < -0.3 is 4.90 Å². The van der Waals surface area contributed by atoms with Gasteiger partial charge in [0.1, 0.15) is 0 Å². The van der Waals surface area contributed by atoms with E-state index in [-0.39, 0.29) is 11.9 Å². The quantitative estimate of drug-likeness (QED) is 0.796. The van der Waals surface area contributed by atoms with Gasteiger partial charge in [-0.1, -0.05) is 48.0 Å². The highest BCUT2D eigenvalue weighted by atomic mass is 16.2. The van der Waals surface area contributed by atoms with Crippen LogP contribution < -0.4 is 0 Å². The lowest BCUT2D eigenvalue weighted by Gasteiger charge is -2.22. The molecule has 0 aromatic heterocycles. The van der Waals surface area contributed by atoms with Crippen LogP contribution in [0.1, 0.15) is 40.0 Å². The van der Waals surface area contributed by atoms with E-state index < -0.39 is 0 Å². The minimum absolute atomic E-state index is 0.142. The molecule has 19 heavy (non-hydrogen) atoms. The molecule has 1 amide bonds. The van der Waals surface area contributed by atoms with E-state index in [0.29, 0.717) is 6.54 Å². The summed E-state index contributed by atoms with van der Waals surface area (Å²) in [5.41, 5.74) is 4.41. The topological polar surface area (TPSA) is 20.3 Å². The van der Waals surface area contributed by atoms with E-state index in [1.165, 1.54) is 11.1 Å². The Bertz CT molecular complexity index is 615. The number of carbonyl (C=O) groups is 1. The number of amides is 1. The normalized spacial score (nSPS) is 17.7. The summed E-state index contributed by atoms with van der Waals surface area (Å²) in [6.45, 7) is 4.84. The van der Waals surface area contributed by atoms with E-state index in [2.05, 4.69) is 38.1 Å². The van der Waals surface area contributed by atoms with Crippen LogP contribution in [0.2, 0.25) is 0 Å². The van der Waals surface area contributed by atoms with Gasteiger partial charge in [0.05, 0.1) is 6.04 Å². The fourth-order valence-electron chi connectivity index (χ4n) is 2.65. The van der Waals surface area contributed by atoms with Gasteiger partial charge in [-0.05, 0) is 31.0 Å². The van der Waals surface area contributed by atoms with Gasteiger partial charge in [0.2, 0.25) is 0 Å². The zero-order chi connectivity index (χ0) is 13.4. The van der Waals surface area contributed by atoms with E-state index in [9.17, 15) is 4.79 Å². The molecule has 0 N–H and O–H groups in total. The van der Waals surface area contributed by atoms with Gasteiger partial charge in [0.15, 0.2) is 0 Å². The summed E-state index contributed by atoms with van der Waals surface area (Å²) in [4.78, 5) is 14.3. The van der Waals surface area contributed by atoms with Crippen LogP contribution in [0.4, 0.5) is 0 Å². The van der Waals surface area contributed by atoms with Gasteiger partial charge in [-0.15, -0.1) is 0 Å². The zero-order valence-corrected chi connectivity index (χ0v) is 11.3. The summed E-state index contributed by atoms with van der Waals surface area (Å²) in [5, 5.41) is 0. The molecule has 3 rings (SSSR count). The molecule has 0 radical (unpaired) electrons. The van der Waals surface area contributed by atoms with Crippen molar-refractivity contribution in [2.75, 3.05) is 0 Å². The third kappa shape index (κ3) is 2.03. The van der Waals surface area contributed by atoms with Crippen LogP contribution in [-0.4, -0.2) is 10.8 Å². The van der Waals surface area contributed by atoms with E-state index in [0.717, 1.165) is 11.1 Å². The van der Waals surface area contributed by atoms with Crippen molar-refractivity contribution in [3.8, 4) is 0 Å². The molecular formula is C17H17NO. The van der Waals surface area contributed by atoms with E-state index in [4.69, 9.17) is 0 Å². The number of hydrogen-bond acceptors (Lipinski definition) is 1.